The summed E-state index contributed by atoms with van der Waals surface area (Å²) in [6.45, 7) is 0. The molecule has 2 heterocycles. The van der Waals surface area contributed by atoms with Crippen LogP contribution in [0.15, 0.2) is 38.3 Å². The highest BCUT2D eigenvalue weighted by Gasteiger charge is 2.34. The van der Waals surface area contributed by atoms with Gasteiger partial charge in [0.25, 0.3) is 0 Å². The Morgan fingerprint density at radius 3 is 2.21 bits per heavy atom. The molecule has 0 bridgehead atoms. The highest BCUT2D eigenvalue weighted by molar-refractivity contribution is 8.29. The number of benzene rings is 1. The molecular weight excluding hydrogens is 372 g/mol. The number of halogens is 1. The van der Waals surface area contributed by atoms with Crippen LogP contribution in [0.3, 0.4) is 0 Å². The first kappa shape index (κ1) is 16.9. The van der Waals surface area contributed by atoms with Crippen LogP contribution in [0.4, 0.5) is 0 Å². The molecule has 1 aromatic carbocycles. The van der Waals surface area contributed by atoms with Crippen LogP contribution in [0.25, 0.3) is 16.1 Å². The molecule has 0 unspecified atom stereocenters. The molecule has 24 heavy (non-hydrogen) atoms. The van der Waals surface area contributed by atoms with Gasteiger partial charge < -0.3 is 14.5 Å². The Labute approximate surface area is 150 Å². The average Bonchev–Trinajstić information content (AvgIpc) is 3.23. The predicted molar refractivity (Wildman–Crippen MR) is 95.1 cm³/mol. The minimum atomic E-state index is -0.614. The van der Waals surface area contributed by atoms with Crippen molar-refractivity contribution in [3.8, 4) is 0 Å². The number of aromatic amines is 1. The summed E-state index contributed by atoms with van der Waals surface area (Å²) in [5, 5.41) is 0.321. The lowest BCUT2D eigenvalue weighted by molar-refractivity contribution is -0.138. The standard InChI is InChI=1S/C15H11ClN2O4S2/c1-21-13(19)10-11(14(20)22-2)24-15(23-10)9(16)12-17-7-5-3-4-6-8(7)18-12/h3-6H,1-2H3,(H,17,18). The first-order valence-corrected chi connectivity index (χ1v) is 8.67. The molecular formula is C15H11ClN2O4S2. The number of ether oxygens (including phenoxy) is 2. The zero-order valence-electron chi connectivity index (χ0n) is 12.6. The van der Waals surface area contributed by atoms with Crippen molar-refractivity contribution in [1.29, 1.82) is 0 Å². The van der Waals surface area contributed by atoms with Gasteiger partial charge in [-0.25, -0.2) is 14.6 Å². The summed E-state index contributed by atoms with van der Waals surface area (Å²) in [6.07, 6.45) is 0. The van der Waals surface area contributed by atoms with Gasteiger partial charge in [0, 0.05) is 0 Å². The van der Waals surface area contributed by atoms with E-state index >= 15 is 0 Å². The number of methoxy groups -OCH3 is 2. The van der Waals surface area contributed by atoms with E-state index in [0.29, 0.717) is 15.1 Å². The van der Waals surface area contributed by atoms with Gasteiger partial charge in [0.2, 0.25) is 0 Å². The number of carbonyl (C=O) groups is 2. The molecule has 0 fully saturated rings. The fourth-order valence-corrected chi connectivity index (χ4v) is 4.66. The summed E-state index contributed by atoms with van der Waals surface area (Å²) in [5.74, 6) is -0.767. The molecule has 2 aromatic rings. The zero-order valence-corrected chi connectivity index (χ0v) is 15.0. The highest BCUT2D eigenvalue weighted by Crippen LogP contribution is 2.53. The van der Waals surface area contributed by atoms with Crippen molar-refractivity contribution in [3.05, 3.63) is 44.1 Å². The molecule has 0 spiro atoms. The lowest BCUT2D eigenvalue weighted by Gasteiger charge is -2.00. The molecule has 0 aliphatic carbocycles. The fourth-order valence-electron chi connectivity index (χ4n) is 2.00. The van der Waals surface area contributed by atoms with Gasteiger partial charge in [0.1, 0.15) is 14.8 Å². The fraction of sp³-hybridized carbons (Fsp3) is 0.133. The van der Waals surface area contributed by atoms with Gasteiger partial charge >= 0.3 is 11.9 Å². The second-order valence-electron chi connectivity index (χ2n) is 4.55. The van der Waals surface area contributed by atoms with E-state index in [1.54, 1.807) is 0 Å². The summed E-state index contributed by atoms with van der Waals surface area (Å²) in [7, 11) is 2.50. The summed E-state index contributed by atoms with van der Waals surface area (Å²) in [5.41, 5.74) is 1.61. The van der Waals surface area contributed by atoms with Crippen LogP contribution in [-0.4, -0.2) is 36.1 Å². The van der Waals surface area contributed by atoms with Gasteiger partial charge in [-0.15, -0.1) is 0 Å². The van der Waals surface area contributed by atoms with Gasteiger partial charge in [-0.1, -0.05) is 47.3 Å². The molecule has 1 aliphatic rings. The monoisotopic (exact) mass is 382 g/mol. The van der Waals surface area contributed by atoms with Crippen LogP contribution >= 0.6 is 35.1 Å². The number of hydrogen-bond acceptors (Lipinski definition) is 7. The number of thioether (sulfide) groups is 2. The van der Waals surface area contributed by atoms with Crippen molar-refractivity contribution >= 4 is 63.1 Å². The number of para-hydroxylation sites is 2. The number of nitrogens with one attached hydrogen (secondary N) is 1. The third kappa shape index (κ3) is 3.04. The maximum absolute atomic E-state index is 11.9. The first-order valence-electron chi connectivity index (χ1n) is 6.66. The van der Waals surface area contributed by atoms with Crippen LogP contribution in [0.2, 0.25) is 0 Å². The summed E-state index contributed by atoms with van der Waals surface area (Å²) >= 11 is 8.55. The summed E-state index contributed by atoms with van der Waals surface area (Å²) in [4.78, 5) is 31.6. The van der Waals surface area contributed by atoms with Crippen molar-refractivity contribution in [2.75, 3.05) is 14.2 Å². The van der Waals surface area contributed by atoms with E-state index in [9.17, 15) is 9.59 Å². The minimum Gasteiger partial charge on any atom is -0.465 e. The van der Waals surface area contributed by atoms with Crippen LogP contribution in [0.1, 0.15) is 5.82 Å². The maximum atomic E-state index is 11.9. The van der Waals surface area contributed by atoms with E-state index in [2.05, 4.69) is 9.97 Å². The molecule has 1 aliphatic heterocycles. The number of carbonyl (C=O) groups excluding carboxylic acids is 2. The highest BCUT2D eigenvalue weighted by atomic mass is 35.5. The largest absolute Gasteiger partial charge is 0.465 e. The molecule has 6 nitrogen and oxygen atoms in total. The van der Waals surface area contributed by atoms with Gasteiger partial charge in [0.05, 0.1) is 29.5 Å². The lowest BCUT2D eigenvalue weighted by atomic mass is 10.3. The quantitative estimate of drug-likeness (QED) is 0.814. The number of nitrogens with zero attached hydrogens (tertiary/aromatic N) is 1. The molecule has 0 saturated heterocycles. The molecule has 124 valence electrons. The average molecular weight is 383 g/mol. The number of esters is 2. The van der Waals surface area contributed by atoms with Gasteiger partial charge in [-0.2, -0.15) is 0 Å². The van der Waals surface area contributed by atoms with E-state index in [0.717, 1.165) is 34.6 Å². The Morgan fingerprint density at radius 1 is 1.08 bits per heavy atom. The van der Waals surface area contributed by atoms with E-state index in [1.807, 2.05) is 24.3 Å². The van der Waals surface area contributed by atoms with E-state index < -0.39 is 11.9 Å². The van der Waals surface area contributed by atoms with E-state index in [4.69, 9.17) is 21.1 Å². The molecule has 0 saturated carbocycles. The predicted octanol–water partition coefficient (Wildman–Crippen LogP) is 3.47. The normalized spacial score (nSPS) is 14.2. The number of fused-ring (bicyclic) bond motifs is 1. The zero-order chi connectivity index (χ0) is 17.3. The van der Waals surface area contributed by atoms with E-state index in [-0.39, 0.29) is 9.81 Å². The third-order valence-corrected chi connectivity index (χ3v) is 6.26. The van der Waals surface area contributed by atoms with Crippen LogP contribution in [0.5, 0.6) is 0 Å². The number of rotatable bonds is 3. The Bertz CT molecular complexity index is 841. The molecule has 1 aromatic heterocycles. The summed E-state index contributed by atoms with van der Waals surface area (Å²) in [6, 6.07) is 7.50. The van der Waals surface area contributed by atoms with Crippen LogP contribution in [-0.2, 0) is 19.1 Å². The Kier molecular flexibility index (Phi) is 4.88. The van der Waals surface area contributed by atoms with Crippen molar-refractivity contribution in [2.45, 2.75) is 0 Å². The second-order valence-corrected chi connectivity index (χ2v) is 7.23. The number of imidazole rings is 1. The summed E-state index contributed by atoms with van der Waals surface area (Å²) < 4.78 is 9.98. The van der Waals surface area contributed by atoms with Crippen molar-refractivity contribution in [1.82, 2.24) is 9.97 Å². The van der Waals surface area contributed by atoms with Crippen molar-refractivity contribution in [3.63, 3.8) is 0 Å². The van der Waals surface area contributed by atoms with E-state index in [1.165, 1.54) is 14.2 Å². The molecule has 9 heteroatoms. The first-order chi connectivity index (χ1) is 11.5. The lowest BCUT2D eigenvalue weighted by Crippen LogP contribution is -2.08. The van der Waals surface area contributed by atoms with Gasteiger partial charge in [-0.3, -0.25) is 0 Å². The minimum absolute atomic E-state index is 0.151. The van der Waals surface area contributed by atoms with Crippen LogP contribution < -0.4 is 0 Å². The number of aromatic nitrogens is 2. The van der Waals surface area contributed by atoms with Gasteiger partial charge in [0.15, 0.2) is 5.82 Å². The topological polar surface area (TPSA) is 81.3 Å². The number of H-pyrrole nitrogens is 1. The maximum Gasteiger partial charge on any atom is 0.346 e. The molecule has 1 N–H and O–H groups in total. The smallest absolute Gasteiger partial charge is 0.346 e. The van der Waals surface area contributed by atoms with Gasteiger partial charge in [-0.05, 0) is 12.1 Å². The Balaban J connectivity index is 1.99. The second kappa shape index (κ2) is 6.92. The molecule has 0 atom stereocenters. The third-order valence-electron chi connectivity index (χ3n) is 3.11. The Morgan fingerprint density at radius 2 is 1.67 bits per heavy atom. The molecule has 0 amide bonds. The SMILES string of the molecule is COC(=O)C1=C(C(=O)OC)SC(=C(Cl)c2nc3ccccc3[nH]2)S1. The van der Waals surface area contributed by atoms with Crippen molar-refractivity contribution < 1.29 is 19.1 Å². The number of hydrogen-bond donors (Lipinski definition) is 1. The van der Waals surface area contributed by atoms with Crippen LogP contribution in [0, 0.1) is 0 Å². The molecule has 3 rings (SSSR count). The Hall–Kier alpha value is -1.90. The molecule has 0 radical (unpaired) electrons. The van der Waals surface area contributed by atoms with Crippen molar-refractivity contribution in [2.24, 2.45) is 0 Å².